The van der Waals surface area contributed by atoms with Crippen LogP contribution in [0.15, 0.2) is 24.3 Å². The fourth-order valence-corrected chi connectivity index (χ4v) is 8.12. The Morgan fingerprint density at radius 3 is 1.37 bits per heavy atom. The number of carbonyl (C=O) groups is 2. The summed E-state index contributed by atoms with van der Waals surface area (Å²) in [6, 6.07) is -0.700. The van der Waals surface area contributed by atoms with Crippen LogP contribution in [0, 0.1) is 0 Å². The predicted molar refractivity (Wildman–Crippen MR) is 255 cm³/mol. The first kappa shape index (κ1) is 57.3. The second-order valence-corrected chi connectivity index (χ2v) is 17.9. The van der Waals surface area contributed by atoms with Crippen LogP contribution in [-0.2, 0) is 14.3 Å². The number of allylic oxidation sites excluding steroid dienone is 4. The number of nitrogens with one attached hydrogen (secondary N) is 1. The standard InChI is InChI=1S/C53H101NO5/c1-4-7-10-13-16-19-21-23-24-25-26-27-28-29-31-34-37-40-43-46-53(58)59-49(44-41-38-35-33-30-22-20-17-14-11-8-5-2)47-52(57)54-50(48-55)51(56)45-42-39-36-32-18-15-12-9-6-3/h8,11,17,20,49-51,55-56H,4-7,9-10,12-16,18-19,21-48H2,1-3H3,(H,54,57)/b11-8+,20-17+. The molecule has 0 radical (unpaired) electrons. The van der Waals surface area contributed by atoms with Crippen LogP contribution < -0.4 is 5.32 Å². The molecule has 6 nitrogen and oxygen atoms in total. The summed E-state index contributed by atoms with van der Waals surface area (Å²) in [5.41, 5.74) is 0. The number of hydrogen-bond donors (Lipinski definition) is 3. The van der Waals surface area contributed by atoms with Gasteiger partial charge in [-0.3, -0.25) is 9.59 Å². The molecule has 3 N–H and O–H groups in total. The first-order valence-corrected chi connectivity index (χ1v) is 26.1. The average Bonchev–Trinajstić information content (AvgIpc) is 3.23. The molecule has 0 saturated carbocycles. The van der Waals surface area contributed by atoms with Crippen molar-refractivity contribution in [3.05, 3.63) is 24.3 Å². The van der Waals surface area contributed by atoms with Gasteiger partial charge >= 0.3 is 5.97 Å². The summed E-state index contributed by atoms with van der Waals surface area (Å²) in [6.07, 6.45) is 54.0. The van der Waals surface area contributed by atoms with E-state index in [-0.39, 0.29) is 24.9 Å². The Hall–Kier alpha value is -1.66. The lowest BCUT2D eigenvalue weighted by molar-refractivity contribution is -0.151. The third-order valence-corrected chi connectivity index (χ3v) is 12.0. The van der Waals surface area contributed by atoms with Crippen LogP contribution in [0.25, 0.3) is 0 Å². The fraction of sp³-hybridized carbons (Fsp3) is 0.887. The quantitative estimate of drug-likeness (QED) is 0.0322. The highest BCUT2D eigenvalue weighted by molar-refractivity contribution is 5.77. The summed E-state index contributed by atoms with van der Waals surface area (Å²) in [7, 11) is 0. The summed E-state index contributed by atoms with van der Waals surface area (Å²) in [4.78, 5) is 26.1. The summed E-state index contributed by atoms with van der Waals surface area (Å²) in [5, 5.41) is 23.7. The van der Waals surface area contributed by atoms with Gasteiger partial charge in [0, 0.05) is 6.42 Å². The number of unbranched alkanes of at least 4 members (excludes halogenated alkanes) is 31. The molecular weight excluding hydrogens is 731 g/mol. The Morgan fingerprint density at radius 2 is 0.915 bits per heavy atom. The van der Waals surface area contributed by atoms with E-state index in [1.165, 1.54) is 154 Å². The molecule has 0 saturated heterocycles. The highest BCUT2D eigenvalue weighted by Gasteiger charge is 2.24. The first-order valence-electron chi connectivity index (χ1n) is 26.1. The molecule has 3 unspecified atom stereocenters. The van der Waals surface area contributed by atoms with E-state index in [4.69, 9.17) is 4.74 Å². The van der Waals surface area contributed by atoms with E-state index in [9.17, 15) is 19.8 Å². The van der Waals surface area contributed by atoms with Crippen molar-refractivity contribution in [2.24, 2.45) is 0 Å². The van der Waals surface area contributed by atoms with Crippen LogP contribution in [-0.4, -0.2) is 46.9 Å². The van der Waals surface area contributed by atoms with E-state index >= 15 is 0 Å². The van der Waals surface area contributed by atoms with Gasteiger partial charge in [0.05, 0.1) is 25.2 Å². The van der Waals surface area contributed by atoms with Crippen LogP contribution in [0.3, 0.4) is 0 Å². The summed E-state index contributed by atoms with van der Waals surface area (Å²) >= 11 is 0. The van der Waals surface area contributed by atoms with Crippen molar-refractivity contribution in [3.8, 4) is 0 Å². The van der Waals surface area contributed by atoms with Crippen molar-refractivity contribution < 1.29 is 24.5 Å². The first-order chi connectivity index (χ1) is 29.0. The van der Waals surface area contributed by atoms with Gasteiger partial charge in [0.25, 0.3) is 0 Å². The number of carbonyl (C=O) groups excluding carboxylic acids is 2. The average molecular weight is 832 g/mol. The van der Waals surface area contributed by atoms with Gasteiger partial charge in [-0.1, -0.05) is 238 Å². The highest BCUT2D eigenvalue weighted by Crippen LogP contribution is 2.18. The number of rotatable bonds is 47. The van der Waals surface area contributed by atoms with Gasteiger partial charge in [0.1, 0.15) is 6.10 Å². The second kappa shape index (κ2) is 47.4. The van der Waals surface area contributed by atoms with Crippen LogP contribution in [0.4, 0.5) is 0 Å². The smallest absolute Gasteiger partial charge is 0.306 e. The maximum atomic E-state index is 13.2. The molecule has 59 heavy (non-hydrogen) atoms. The monoisotopic (exact) mass is 832 g/mol. The molecule has 0 aromatic carbocycles. The van der Waals surface area contributed by atoms with Gasteiger partial charge in [-0.25, -0.2) is 0 Å². The molecule has 1 amide bonds. The van der Waals surface area contributed by atoms with Gasteiger partial charge in [0.2, 0.25) is 5.91 Å². The Labute approximate surface area is 367 Å². The maximum Gasteiger partial charge on any atom is 0.306 e. The van der Waals surface area contributed by atoms with Gasteiger partial charge in [-0.15, -0.1) is 0 Å². The lowest BCUT2D eigenvalue weighted by Gasteiger charge is -2.24. The molecule has 0 aromatic rings. The van der Waals surface area contributed by atoms with Crippen molar-refractivity contribution in [2.45, 2.75) is 296 Å². The lowest BCUT2D eigenvalue weighted by Crippen LogP contribution is -2.46. The predicted octanol–water partition coefficient (Wildman–Crippen LogP) is 15.5. The van der Waals surface area contributed by atoms with E-state index < -0.39 is 18.2 Å². The molecule has 0 fully saturated rings. The van der Waals surface area contributed by atoms with Crippen LogP contribution in [0.1, 0.15) is 278 Å². The molecule has 0 bridgehead atoms. The van der Waals surface area contributed by atoms with E-state index in [1.807, 2.05) is 0 Å². The zero-order valence-corrected chi connectivity index (χ0v) is 39.7. The van der Waals surface area contributed by atoms with E-state index in [0.29, 0.717) is 19.3 Å². The third kappa shape index (κ3) is 42.8. The number of aliphatic hydroxyl groups excluding tert-OH is 2. The van der Waals surface area contributed by atoms with Crippen LogP contribution in [0.5, 0.6) is 0 Å². The van der Waals surface area contributed by atoms with Gasteiger partial charge in [-0.2, -0.15) is 0 Å². The minimum Gasteiger partial charge on any atom is -0.462 e. The van der Waals surface area contributed by atoms with E-state index in [0.717, 1.165) is 77.0 Å². The van der Waals surface area contributed by atoms with E-state index in [2.05, 4.69) is 50.4 Å². The van der Waals surface area contributed by atoms with Gasteiger partial charge in [0.15, 0.2) is 0 Å². The molecule has 0 heterocycles. The molecule has 0 aliphatic heterocycles. The van der Waals surface area contributed by atoms with Gasteiger partial charge in [-0.05, 0) is 51.4 Å². The molecule has 348 valence electrons. The van der Waals surface area contributed by atoms with Crippen molar-refractivity contribution in [1.82, 2.24) is 5.32 Å². The molecule has 0 aromatic heterocycles. The molecule has 6 heteroatoms. The summed E-state index contributed by atoms with van der Waals surface area (Å²) in [5.74, 6) is -0.475. The maximum absolute atomic E-state index is 13.2. The van der Waals surface area contributed by atoms with E-state index in [1.54, 1.807) is 0 Å². The van der Waals surface area contributed by atoms with Crippen molar-refractivity contribution in [3.63, 3.8) is 0 Å². The molecule has 0 spiro atoms. The zero-order chi connectivity index (χ0) is 43.1. The number of aliphatic hydroxyl groups is 2. The Kier molecular flexibility index (Phi) is 46.1. The summed E-state index contributed by atoms with van der Waals surface area (Å²) in [6.45, 7) is 6.37. The van der Waals surface area contributed by atoms with Crippen LogP contribution >= 0.6 is 0 Å². The van der Waals surface area contributed by atoms with Crippen molar-refractivity contribution >= 4 is 11.9 Å². The minimum atomic E-state index is -0.786. The lowest BCUT2D eigenvalue weighted by atomic mass is 10.0. The Bertz CT molecular complexity index is 935. The zero-order valence-electron chi connectivity index (χ0n) is 39.7. The molecule has 3 atom stereocenters. The minimum absolute atomic E-state index is 0.0729. The third-order valence-electron chi connectivity index (χ3n) is 12.0. The highest BCUT2D eigenvalue weighted by atomic mass is 16.5. The number of ether oxygens (including phenoxy) is 1. The SMILES string of the molecule is CC/C=C/C/C=C/CCCCCCCC(CC(=O)NC(CO)C(O)CCCCCCCCCCC)OC(=O)CCCCCCCCCCCCCCCCCCCCC. The molecule has 0 aliphatic rings. The van der Waals surface area contributed by atoms with Crippen LogP contribution in [0.2, 0.25) is 0 Å². The Morgan fingerprint density at radius 1 is 0.508 bits per heavy atom. The van der Waals surface area contributed by atoms with Gasteiger partial charge < -0.3 is 20.3 Å². The fourth-order valence-electron chi connectivity index (χ4n) is 8.12. The second-order valence-electron chi connectivity index (χ2n) is 17.9. The van der Waals surface area contributed by atoms with Crippen molar-refractivity contribution in [1.29, 1.82) is 0 Å². The largest absolute Gasteiger partial charge is 0.462 e. The van der Waals surface area contributed by atoms with Crippen molar-refractivity contribution in [2.75, 3.05) is 6.61 Å². The molecule has 0 aliphatic carbocycles. The number of hydrogen-bond acceptors (Lipinski definition) is 5. The Balaban J connectivity index is 4.45. The topological polar surface area (TPSA) is 95.9 Å². The number of esters is 1. The molecule has 0 rings (SSSR count). The molecular formula is C53H101NO5. The number of amides is 1. The normalized spacial score (nSPS) is 13.4. The summed E-state index contributed by atoms with van der Waals surface area (Å²) < 4.78 is 5.93.